The molecule has 18 heavy (non-hydrogen) atoms. The van der Waals surface area contributed by atoms with E-state index >= 15 is 0 Å². The van der Waals surface area contributed by atoms with E-state index in [1.165, 1.54) is 12.8 Å². The van der Waals surface area contributed by atoms with Crippen molar-refractivity contribution in [2.24, 2.45) is 5.92 Å². The smallest absolute Gasteiger partial charge is 0.158 e. The maximum absolute atomic E-state index is 5.84. The van der Waals surface area contributed by atoms with Crippen molar-refractivity contribution < 1.29 is 4.74 Å². The fourth-order valence-corrected chi connectivity index (χ4v) is 1.92. The average molecular weight is 250 g/mol. The highest BCUT2D eigenvalue weighted by atomic mass is 16.5. The fourth-order valence-electron chi connectivity index (χ4n) is 1.92. The summed E-state index contributed by atoms with van der Waals surface area (Å²) in [7, 11) is 0. The van der Waals surface area contributed by atoms with Crippen LogP contribution in [0.5, 0.6) is 0 Å². The molecule has 1 heterocycles. The SMILES string of the molecule is CCOCc1nc(N)cc(N(CC)CC2CC2)n1. The van der Waals surface area contributed by atoms with Gasteiger partial charge in [0.25, 0.3) is 0 Å². The molecule has 5 heteroatoms. The third kappa shape index (κ3) is 3.57. The summed E-state index contributed by atoms with van der Waals surface area (Å²) in [5, 5.41) is 0. The second-order valence-electron chi connectivity index (χ2n) is 4.69. The lowest BCUT2D eigenvalue weighted by Crippen LogP contribution is -2.27. The van der Waals surface area contributed by atoms with E-state index in [1.54, 1.807) is 0 Å². The van der Waals surface area contributed by atoms with Crippen LogP contribution in [0.4, 0.5) is 11.6 Å². The minimum absolute atomic E-state index is 0.426. The number of aromatic nitrogens is 2. The lowest BCUT2D eigenvalue weighted by molar-refractivity contribution is 0.128. The normalized spacial score (nSPS) is 14.8. The third-order valence-electron chi connectivity index (χ3n) is 3.10. The zero-order valence-corrected chi connectivity index (χ0v) is 11.2. The highest BCUT2D eigenvalue weighted by Gasteiger charge is 2.24. The summed E-state index contributed by atoms with van der Waals surface area (Å²) in [4.78, 5) is 11.0. The van der Waals surface area contributed by atoms with Gasteiger partial charge in [0.2, 0.25) is 0 Å². The second kappa shape index (κ2) is 6.00. The second-order valence-corrected chi connectivity index (χ2v) is 4.69. The van der Waals surface area contributed by atoms with Gasteiger partial charge in [-0.3, -0.25) is 0 Å². The van der Waals surface area contributed by atoms with Crippen LogP contribution in [-0.2, 0) is 11.3 Å². The number of rotatable bonds is 7. The molecule has 100 valence electrons. The van der Waals surface area contributed by atoms with Crippen molar-refractivity contribution in [3.8, 4) is 0 Å². The van der Waals surface area contributed by atoms with Crippen LogP contribution >= 0.6 is 0 Å². The summed E-state index contributed by atoms with van der Waals surface area (Å²) in [6.07, 6.45) is 2.67. The van der Waals surface area contributed by atoms with Crippen molar-refractivity contribution in [1.82, 2.24) is 9.97 Å². The summed E-state index contributed by atoms with van der Waals surface area (Å²) >= 11 is 0. The Balaban J connectivity index is 2.10. The van der Waals surface area contributed by atoms with Crippen LogP contribution in [0, 0.1) is 5.92 Å². The van der Waals surface area contributed by atoms with E-state index in [0.29, 0.717) is 24.9 Å². The predicted octanol–water partition coefficient (Wildman–Crippen LogP) is 1.83. The molecule has 1 fully saturated rings. The van der Waals surface area contributed by atoms with Crippen molar-refractivity contribution in [2.75, 3.05) is 30.3 Å². The highest BCUT2D eigenvalue weighted by Crippen LogP contribution is 2.31. The summed E-state index contributed by atoms with van der Waals surface area (Å²) in [5.41, 5.74) is 5.84. The van der Waals surface area contributed by atoms with Crippen molar-refractivity contribution >= 4 is 11.6 Å². The van der Waals surface area contributed by atoms with Gasteiger partial charge in [0.05, 0.1) is 0 Å². The Kier molecular flexibility index (Phi) is 4.36. The third-order valence-corrected chi connectivity index (χ3v) is 3.10. The molecule has 1 saturated carbocycles. The van der Waals surface area contributed by atoms with Gasteiger partial charge in [0.1, 0.15) is 18.2 Å². The van der Waals surface area contributed by atoms with Crippen molar-refractivity contribution in [2.45, 2.75) is 33.3 Å². The molecule has 0 saturated heterocycles. The van der Waals surface area contributed by atoms with Crippen molar-refractivity contribution in [3.05, 3.63) is 11.9 Å². The molecule has 0 atom stereocenters. The molecule has 1 aliphatic carbocycles. The summed E-state index contributed by atoms with van der Waals surface area (Å²) in [6.45, 7) is 7.20. The first-order chi connectivity index (χ1) is 8.72. The first-order valence-electron chi connectivity index (χ1n) is 6.69. The Morgan fingerprint density at radius 1 is 1.39 bits per heavy atom. The number of anilines is 2. The zero-order valence-electron chi connectivity index (χ0n) is 11.2. The molecule has 2 rings (SSSR count). The lowest BCUT2D eigenvalue weighted by atomic mass is 10.3. The number of hydrogen-bond acceptors (Lipinski definition) is 5. The summed E-state index contributed by atoms with van der Waals surface area (Å²) in [6, 6.07) is 1.85. The Morgan fingerprint density at radius 3 is 2.78 bits per heavy atom. The van der Waals surface area contributed by atoms with Gasteiger partial charge in [-0.1, -0.05) is 0 Å². The molecule has 0 aromatic carbocycles. The van der Waals surface area contributed by atoms with E-state index in [0.717, 1.165) is 24.8 Å². The molecule has 0 spiro atoms. The topological polar surface area (TPSA) is 64.3 Å². The maximum Gasteiger partial charge on any atom is 0.158 e. The van der Waals surface area contributed by atoms with E-state index in [-0.39, 0.29) is 0 Å². The van der Waals surface area contributed by atoms with Crippen LogP contribution in [0.15, 0.2) is 6.07 Å². The van der Waals surface area contributed by atoms with Gasteiger partial charge in [0.15, 0.2) is 5.82 Å². The molecule has 0 unspecified atom stereocenters. The number of nitrogen functional groups attached to an aromatic ring is 1. The van der Waals surface area contributed by atoms with E-state index in [4.69, 9.17) is 10.5 Å². The lowest BCUT2D eigenvalue weighted by Gasteiger charge is -2.22. The van der Waals surface area contributed by atoms with Crippen LogP contribution in [-0.4, -0.2) is 29.7 Å². The molecule has 0 radical (unpaired) electrons. The quantitative estimate of drug-likeness (QED) is 0.800. The van der Waals surface area contributed by atoms with Gasteiger partial charge in [-0.2, -0.15) is 0 Å². The van der Waals surface area contributed by atoms with Crippen LogP contribution in [0.3, 0.4) is 0 Å². The van der Waals surface area contributed by atoms with E-state index < -0.39 is 0 Å². The monoisotopic (exact) mass is 250 g/mol. The highest BCUT2D eigenvalue weighted by molar-refractivity contribution is 5.47. The van der Waals surface area contributed by atoms with Crippen LogP contribution in [0.1, 0.15) is 32.5 Å². The first kappa shape index (κ1) is 13.1. The van der Waals surface area contributed by atoms with Crippen molar-refractivity contribution in [1.29, 1.82) is 0 Å². The van der Waals surface area contributed by atoms with E-state index in [1.807, 2.05) is 13.0 Å². The minimum atomic E-state index is 0.426. The van der Waals surface area contributed by atoms with Gasteiger partial charge in [-0.15, -0.1) is 0 Å². The Hall–Kier alpha value is -1.36. The number of nitrogens with two attached hydrogens (primary N) is 1. The molecule has 0 aliphatic heterocycles. The van der Waals surface area contributed by atoms with Gasteiger partial charge in [-0.25, -0.2) is 9.97 Å². The molecule has 1 aromatic heterocycles. The number of hydrogen-bond donors (Lipinski definition) is 1. The maximum atomic E-state index is 5.84. The van der Waals surface area contributed by atoms with Gasteiger partial charge >= 0.3 is 0 Å². The van der Waals surface area contributed by atoms with Crippen LogP contribution in [0.2, 0.25) is 0 Å². The zero-order chi connectivity index (χ0) is 13.0. The molecule has 1 aromatic rings. The molecule has 2 N–H and O–H groups in total. The summed E-state index contributed by atoms with van der Waals surface area (Å²) in [5.74, 6) is 2.94. The molecular weight excluding hydrogens is 228 g/mol. The van der Waals surface area contributed by atoms with Crippen LogP contribution < -0.4 is 10.6 Å². The molecule has 0 bridgehead atoms. The van der Waals surface area contributed by atoms with Gasteiger partial charge in [-0.05, 0) is 32.6 Å². The van der Waals surface area contributed by atoms with Gasteiger partial charge < -0.3 is 15.4 Å². The molecule has 0 amide bonds. The largest absolute Gasteiger partial charge is 0.384 e. The van der Waals surface area contributed by atoms with E-state index in [9.17, 15) is 0 Å². The molecular formula is C13H22N4O. The van der Waals surface area contributed by atoms with E-state index in [2.05, 4.69) is 21.8 Å². The average Bonchev–Trinajstić information content (AvgIpc) is 3.16. The molecule has 1 aliphatic rings. The van der Waals surface area contributed by atoms with Gasteiger partial charge in [0, 0.05) is 25.8 Å². The first-order valence-corrected chi connectivity index (χ1v) is 6.69. The summed E-state index contributed by atoms with van der Waals surface area (Å²) < 4.78 is 5.34. The van der Waals surface area contributed by atoms with Crippen molar-refractivity contribution in [3.63, 3.8) is 0 Å². The van der Waals surface area contributed by atoms with Crippen LogP contribution in [0.25, 0.3) is 0 Å². The Morgan fingerprint density at radius 2 is 2.17 bits per heavy atom. The predicted molar refractivity (Wildman–Crippen MR) is 72.4 cm³/mol. The number of ether oxygens (including phenoxy) is 1. The Bertz CT molecular complexity index is 393. The standard InChI is InChI=1S/C13H22N4O/c1-3-17(8-10-5-6-10)13-7-11(14)15-12(16-13)9-18-4-2/h7,10H,3-6,8-9H2,1-2H3,(H2,14,15,16). The number of nitrogens with zero attached hydrogens (tertiary/aromatic N) is 3. The minimum Gasteiger partial charge on any atom is -0.384 e. The fraction of sp³-hybridized carbons (Fsp3) is 0.692. The Labute approximate surface area is 108 Å². The molecule has 5 nitrogen and oxygen atoms in total.